The van der Waals surface area contributed by atoms with Crippen LogP contribution in [0.5, 0.6) is 5.75 Å². The number of amides is 2. The van der Waals surface area contributed by atoms with E-state index in [-0.39, 0.29) is 25.2 Å². The van der Waals surface area contributed by atoms with Crippen LogP contribution in [0.1, 0.15) is 103 Å². The lowest BCUT2D eigenvalue weighted by atomic mass is 9.94. The maximum absolute atomic E-state index is 15.6. The van der Waals surface area contributed by atoms with Crippen molar-refractivity contribution in [2.24, 2.45) is 0 Å². The predicted molar refractivity (Wildman–Crippen MR) is 192 cm³/mol. The summed E-state index contributed by atoms with van der Waals surface area (Å²) in [7, 11) is 0. The van der Waals surface area contributed by atoms with E-state index in [1.165, 1.54) is 6.92 Å². The molecule has 12 nitrogen and oxygen atoms in total. The molecule has 1 aliphatic rings. The minimum Gasteiger partial charge on any atom is -0.493 e. The number of nitrogen functional groups attached to an aromatic ring is 1. The van der Waals surface area contributed by atoms with Gasteiger partial charge in [0.15, 0.2) is 23.0 Å². The van der Waals surface area contributed by atoms with Crippen LogP contribution in [0.2, 0.25) is 0 Å². The summed E-state index contributed by atoms with van der Waals surface area (Å²) in [5.41, 5.74) is -1.13. The van der Waals surface area contributed by atoms with Crippen LogP contribution in [0.3, 0.4) is 0 Å². The average molecular weight is 776 g/mol. The van der Waals surface area contributed by atoms with Gasteiger partial charge in [0.2, 0.25) is 0 Å². The van der Waals surface area contributed by atoms with Gasteiger partial charge in [0.25, 0.3) is 5.56 Å². The summed E-state index contributed by atoms with van der Waals surface area (Å²) in [4.78, 5) is 67.4. The fraction of sp³-hybridized carbons (Fsp3) is 0.462. The molecule has 1 aliphatic carbocycles. The second-order valence-corrected chi connectivity index (χ2v) is 15.3. The Labute approximate surface area is 315 Å². The standard InChI is InChI=1S/C39H45F4N3O9/c1-37(2,3)54-35(50)46(36(51)55-38(4,5)6)39(7,34(49)53-23-11-8-9-12-23)17-10-18-52-24-20-28(42)31(29(43)21-24)45-30(47)16-15-26(33(45)44)32(48)25-14-13-22(40)19-27(25)41/h13-16,19-21,23H,8-12,17-18,44H2,1-7H3. The number of halogens is 4. The number of pyridine rings is 1. The second-order valence-electron chi connectivity index (χ2n) is 15.3. The van der Waals surface area contributed by atoms with Crippen LogP contribution in [-0.2, 0) is 19.0 Å². The Morgan fingerprint density at radius 2 is 1.35 bits per heavy atom. The van der Waals surface area contributed by atoms with Crippen molar-refractivity contribution in [2.45, 2.75) is 110 Å². The third kappa shape index (κ3) is 10.2. The van der Waals surface area contributed by atoms with Gasteiger partial charge in [-0.25, -0.2) is 31.9 Å². The van der Waals surface area contributed by atoms with Gasteiger partial charge in [0.05, 0.1) is 17.7 Å². The first-order chi connectivity index (χ1) is 25.5. The van der Waals surface area contributed by atoms with Crippen molar-refractivity contribution >= 4 is 29.8 Å². The molecule has 0 radical (unpaired) electrons. The Bertz CT molecular complexity index is 1970. The number of aromatic nitrogens is 1. The zero-order valence-electron chi connectivity index (χ0n) is 31.7. The molecule has 0 saturated heterocycles. The van der Waals surface area contributed by atoms with Gasteiger partial charge in [-0.15, -0.1) is 0 Å². The van der Waals surface area contributed by atoms with Gasteiger partial charge in [-0.05, 0) is 105 Å². The Balaban J connectivity index is 1.60. The van der Waals surface area contributed by atoms with Gasteiger partial charge in [-0.2, -0.15) is 4.90 Å². The van der Waals surface area contributed by atoms with Gasteiger partial charge in [-0.3, -0.25) is 14.2 Å². The number of carbonyl (C=O) groups excluding carboxylic acids is 4. The summed E-state index contributed by atoms with van der Waals surface area (Å²) < 4.78 is 81.7. The quantitative estimate of drug-likeness (QED) is 0.0671. The molecule has 298 valence electrons. The van der Waals surface area contributed by atoms with E-state index >= 15 is 8.78 Å². The van der Waals surface area contributed by atoms with Crippen molar-refractivity contribution < 1.29 is 55.7 Å². The molecule has 1 atom stereocenters. The highest BCUT2D eigenvalue weighted by Gasteiger charge is 2.51. The molecule has 3 aromatic rings. The molecule has 4 rings (SSSR count). The van der Waals surface area contributed by atoms with Crippen molar-refractivity contribution in [3.05, 3.63) is 87.2 Å². The van der Waals surface area contributed by atoms with Gasteiger partial charge in [0.1, 0.15) is 46.2 Å². The highest BCUT2D eigenvalue weighted by atomic mass is 19.1. The van der Waals surface area contributed by atoms with Crippen molar-refractivity contribution in [2.75, 3.05) is 12.3 Å². The van der Waals surface area contributed by atoms with E-state index in [9.17, 15) is 32.8 Å². The fourth-order valence-electron chi connectivity index (χ4n) is 5.92. The summed E-state index contributed by atoms with van der Waals surface area (Å²) in [6.07, 6.45) is -0.205. The number of imide groups is 1. The van der Waals surface area contributed by atoms with Gasteiger partial charge >= 0.3 is 18.2 Å². The molecule has 1 fully saturated rings. The number of anilines is 1. The minimum atomic E-state index is -1.98. The van der Waals surface area contributed by atoms with Gasteiger partial charge in [0, 0.05) is 24.3 Å². The molecule has 0 aliphatic heterocycles. The average Bonchev–Trinajstić information content (AvgIpc) is 3.55. The highest BCUT2D eigenvalue weighted by molar-refractivity contribution is 6.12. The number of hydrogen-bond donors (Lipinski definition) is 1. The topological polar surface area (TPSA) is 156 Å². The normalized spacial score (nSPS) is 14.5. The lowest BCUT2D eigenvalue weighted by Gasteiger charge is -2.39. The monoisotopic (exact) mass is 775 g/mol. The van der Waals surface area contributed by atoms with E-state index in [1.54, 1.807) is 41.5 Å². The summed E-state index contributed by atoms with van der Waals surface area (Å²) >= 11 is 0. The van der Waals surface area contributed by atoms with Crippen molar-refractivity contribution in [1.82, 2.24) is 9.47 Å². The van der Waals surface area contributed by atoms with Crippen LogP contribution in [-0.4, -0.2) is 62.9 Å². The zero-order valence-corrected chi connectivity index (χ0v) is 31.7. The number of ketones is 1. The molecular formula is C39H45F4N3O9. The maximum Gasteiger partial charge on any atom is 0.420 e. The third-order valence-electron chi connectivity index (χ3n) is 8.50. The number of hydrogen-bond acceptors (Lipinski definition) is 10. The first-order valence-corrected chi connectivity index (χ1v) is 17.6. The number of nitrogens with two attached hydrogens (primary N) is 1. The van der Waals surface area contributed by atoms with E-state index < -0.39 is 98.2 Å². The molecule has 0 bridgehead atoms. The van der Waals surface area contributed by atoms with E-state index in [2.05, 4.69) is 0 Å². The summed E-state index contributed by atoms with van der Waals surface area (Å²) in [6.45, 7) is 10.5. The van der Waals surface area contributed by atoms with Crippen LogP contribution < -0.4 is 16.0 Å². The van der Waals surface area contributed by atoms with Crippen LogP contribution >= 0.6 is 0 Å². The van der Waals surface area contributed by atoms with Crippen molar-refractivity contribution in [3.8, 4) is 11.4 Å². The van der Waals surface area contributed by atoms with Crippen LogP contribution in [0.15, 0.2) is 47.3 Å². The Kier molecular flexibility index (Phi) is 12.7. The maximum atomic E-state index is 15.6. The Morgan fingerprint density at radius 3 is 1.87 bits per heavy atom. The number of carbonyl (C=O) groups is 4. The number of rotatable bonds is 11. The molecule has 1 aromatic heterocycles. The molecule has 1 unspecified atom stereocenters. The van der Waals surface area contributed by atoms with Crippen molar-refractivity contribution in [3.63, 3.8) is 0 Å². The zero-order chi connectivity index (χ0) is 41.0. The summed E-state index contributed by atoms with van der Waals surface area (Å²) in [6, 6.07) is 5.43. The van der Waals surface area contributed by atoms with E-state index in [4.69, 9.17) is 24.7 Å². The molecule has 2 aromatic carbocycles. The Morgan fingerprint density at radius 1 is 0.800 bits per heavy atom. The van der Waals surface area contributed by atoms with Crippen LogP contribution in [0.25, 0.3) is 5.69 Å². The lowest BCUT2D eigenvalue weighted by molar-refractivity contribution is -0.162. The first-order valence-electron chi connectivity index (χ1n) is 17.6. The molecule has 1 heterocycles. The number of nitrogens with zero attached hydrogens (tertiary/aromatic N) is 2. The van der Waals surface area contributed by atoms with E-state index in [0.717, 1.165) is 49.2 Å². The van der Waals surface area contributed by atoms with Crippen LogP contribution in [0.4, 0.5) is 33.0 Å². The molecule has 16 heteroatoms. The SMILES string of the molecule is CC(C)(C)OC(=O)N(C(=O)OC(C)(C)C)C(C)(CCCOc1cc(F)c(-n2c(N)c(C(=O)c3ccc(F)cc3F)ccc2=O)c(F)c1)C(=O)OC1CCCC1. The minimum absolute atomic E-state index is 0.0696. The predicted octanol–water partition coefficient (Wildman–Crippen LogP) is 7.78. The molecule has 2 N–H and O–H groups in total. The largest absolute Gasteiger partial charge is 0.493 e. The van der Waals surface area contributed by atoms with E-state index in [1.807, 2.05) is 0 Å². The summed E-state index contributed by atoms with van der Waals surface area (Å²) in [5, 5.41) is 0. The first kappa shape index (κ1) is 42.3. The fourth-order valence-corrected chi connectivity index (χ4v) is 5.92. The van der Waals surface area contributed by atoms with Gasteiger partial charge in [-0.1, -0.05) is 0 Å². The summed E-state index contributed by atoms with van der Waals surface area (Å²) in [5.74, 6) is -7.83. The molecule has 0 spiro atoms. The smallest absolute Gasteiger partial charge is 0.420 e. The highest BCUT2D eigenvalue weighted by Crippen LogP contribution is 2.32. The third-order valence-corrected chi connectivity index (χ3v) is 8.50. The lowest BCUT2D eigenvalue weighted by Crippen LogP contribution is -2.60. The second kappa shape index (κ2) is 16.5. The number of benzene rings is 2. The molecule has 1 saturated carbocycles. The molecule has 55 heavy (non-hydrogen) atoms. The number of esters is 1. The van der Waals surface area contributed by atoms with Crippen LogP contribution in [0, 0.1) is 23.3 Å². The van der Waals surface area contributed by atoms with E-state index in [0.29, 0.717) is 28.4 Å². The molecular weight excluding hydrogens is 730 g/mol. The molecule has 2 amide bonds. The van der Waals surface area contributed by atoms with Gasteiger partial charge < -0.3 is 24.7 Å². The number of ether oxygens (including phenoxy) is 4. The Hall–Kier alpha value is -5.41. The van der Waals surface area contributed by atoms with Crippen molar-refractivity contribution in [1.29, 1.82) is 0 Å².